The summed E-state index contributed by atoms with van der Waals surface area (Å²) < 4.78 is 19.9. The van der Waals surface area contributed by atoms with Crippen molar-refractivity contribution >= 4 is 0 Å². The van der Waals surface area contributed by atoms with Crippen molar-refractivity contribution in [1.82, 2.24) is 0 Å². The summed E-state index contributed by atoms with van der Waals surface area (Å²) >= 11 is 0. The minimum Gasteiger partial charge on any atom is -0.491 e. The van der Waals surface area contributed by atoms with Gasteiger partial charge in [-0.3, -0.25) is 0 Å². The molecule has 1 aromatic rings. The topological polar surface area (TPSA) is 9.23 Å². The number of halogens is 1. The first-order valence-corrected chi connectivity index (χ1v) is 9.66. The molecule has 2 rings (SSSR count). The number of hydrogen-bond donors (Lipinski definition) is 0. The normalized spacial score (nSPS) is 21.3. The van der Waals surface area contributed by atoms with Crippen molar-refractivity contribution in [2.45, 2.75) is 84.0 Å². The Labute approximate surface area is 141 Å². The Morgan fingerprint density at radius 2 is 1.74 bits per heavy atom. The van der Waals surface area contributed by atoms with Gasteiger partial charge in [-0.25, -0.2) is 4.39 Å². The smallest absolute Gasteiger partial charge is 0.165 e. The van der Waals surface area contributed by atoms with Gasteiger partial charge in [0.2, 0.25) is 0 Å². The summed E-state index contributed by atoms with van der Waals surface area (Å²) in [6.45, 7) is 5.11. The fourth-order valence-corrected chi connectivity index (χ4v) is 3.68. The maximum Gasteiger partial charge on any atom is 0.165 e. The number of hydrogen-bond acceptors (Lipinski definition) is 1. The second kappa shape index (κ2) is 9.95. The van der Waals surface area contributed by atoms with Crippen LogP contribution in [0.1, 0.15) is 89.5 Å². The van der Waals surface area contributed by atoms with E-state index in [1.54, 1.807) is 6.07 Å². The number of benzene rings is 1. The van der Waals surface area contributed by atoms with Crippen LogP contribution in [0.2, 0.25) is 0 Å². The Morgan fingerprint density at radius 1 is 1.00 bits per heavy atom. The fraction of sp³-hybridized carbons (Fsp3) is 0.714. The van der Waals surface area contributed by atoms with Crippen LogP contribution in [0.3, 0.4) is 0 Å². The van der Waals surface area contributed by atoms with Crippen LogP contribution in [0.4, 0.5) is 4.39 Å². The summed E-state index contributed by atoms with van der Waals surface area (Å²) in [4.78, 5) is 0. The average Bonchev–Trinajstić information content (AvgIpc) is 2.59. The van der Waals surface area contributed by atoms with E-state index in [2.05, 4.69) is 19.9 Å². The van der Waals surface area contributed by atoms with Gasteiger partial charge in [0.25, 0.3) is 0 Å². The monoisotopic (exact) mass is 320 g/mol. The van der Waals surface area contributed by atoms with Gasteiger partial charge in [0.1, 0.15) is 0 Å². The summed E-state index contributed by atoms with van der Waals surface area (Å²) in [5.41, 5.74) is 1.16. The molecular weight excluding hydrogens is 287 g/mol. The molecule has 0 atom stereocenters. The van der Waals surface area contributed by atoms with Crippen molar-refractivity contribution in [1.29, 1.82) is 0 Å². The molecule has 1 fully saturated rings. The van der Waals surface area contributed by atoms with Gasteiger partial charge >= 0.3 is 0 Å². The number of unbranched alkanes of at least 4 members (excludes halogenated alkanes) is 4. The Hall–Kier alpha value is -1.05. The van der Waals surface area contributed by atoms with Crippen LogP contribution in [0.5, 0.6) is 5.75 Å². The molecule has 0 N–H and O–H groups in total. The molecule has 0 radical (unpaired) electrons. The molecule has 130 valence electrons. The molecule has 0 spiro atoms. The fourth-order valence-electron chi connectivity index (χ4n) is 3.68. The van der Waals surface area contributed by atoms with Crippen molar-refractivity contribution in [2.24, 2.45) is 5.92 Å². The van der Waals surface area contributed by atoms with Gasteiger partial charge in [-0.15, -0.1) is 0 Å². The Morgan fingerprint density at radius 3 is 2.39 bits per heavy atom. The van der Waals surface area contributed by atoms with Crippen LogP contribution in [0.25, 0.3) is 0 Å². The van der Waals surface area contributed by atoms with Crippen molar-refractivity contribution in [2.75, 3.05) is 6.61 Å². The van der Waals surface area contributed by atoms with Crippen LogP contribution >= 0.6 is 0 Å². The highest BCUT2D eigenvalue weighted by molar-refractivity contribution is 5.31. The Balaban J connectivity index is 1.79. The predicted molar refractivity (Wildman–Crippen MR) is 95.6 cm³/mol. The van der Waals surface area contributed by atoms with Crippen LogP contribution in [0.15, 0.2) is 18.2 Å². The Bertz CT molecular complexity index is 449. The lowest BCUT2D eigenvalue weighted by Gasteiger charge is -2.28. The first-order valence-electron chi connectivity index (χ1n) is 9.66. The zero-order chi connectivity index (χ0) is 16.5. The lowest BCUT2D eigenvalue weighted by atomic mass is 9.78. The highest BCUT2D eigenvalue weighted by Gasteiger charge is 2.22. The van der Waals surface area contributed by atoms with Crippen LogP contribution in [-0.2, 0) is 0 Å². The quantitative estimate of drug-likeness (QED) is 0.452. The highest BCUT2D eigenvalue weighted by atomic mass is 19.1. The second-order valence-electron chi connectivity index (χ2n) is 7.08. The second-order valence-corrected chi connectivity index (χ2v) is 7.08. The summed E-state index contributed by atoms with van der Waals surface area (Å²) in [6, 6.07) is 5.62. The summed E-state index contributed by atoms with van der Waals surface area (Å²) in [5, 5.41) is 0. The maximum absolute atomic E-state index is 14.3. The predicted octanol–water partition coefficient (Wildman–Crippen LogP) is 6.86. The lowest BCUT2D eigenvalue weighted by Crippen LogP contribution is -2.12. The van der Waals surface area contributed by atoms with Crippen LogP contribution in [0, 0.1) is 11.7 Å². The van der Waals surface area contributed by atoms with E-state index in [4.69, 9.17) is 4.74 Å². The molecule has 1 aromatic carbocycles. The van der Waals surface area contributed by atoms with Crippen LogP contribution < -0.4 is 4.74 Å². The molecule has 0 heterocycles. The first-order chi connectivity index (χ1) is 11.2. The standard InChI is InChI=1S/C21H33FO/c1-3-5-6-7-8-15-23-21-14-13-19(16-20(21)22)18-11-9-17(4-2)10-12-18/h13-14,16-18H,3-12,15H2,1-2H3/t17-,18-. The van der Waals surface area contributed by atoms with E-state index in [-0.39, 0.29) is 5.82 Å². The molecule has 0 aliphatic heterocycles. The molecule has 0 amide bonds. The van der Waals surface area contributed by atoms with Gasteiger partial charge in [-0.05, 0) is 61.6 Å². The highest BCUT2D eigenvalue weighted by Crippen LogP contribution is 2.37. The van der Waals surface area contributed by atoms with E-state index in [9.17, 15) is 4.39 Å². The van der Waals surface area contributed by atoms with Gasteiger partial charge in [-0.2, -0.15) is 0 Å². The molecule has 0 bridgehead atoms. The first kappa shape index (κ1) is 18.3. The molecule has 1 saturated carbocycles. The van der Waals surface area contributed by atoms with E-state index < -0.39 is 0 Å². The number of ether oxygens (including phenoxy) is 1. The summed E-state index contributed by atoms with van der Waals surface area (Å²) in [5.74, 6) is 1.65. The third kappa shape index (κ3) is 5.82. The lowest BCUT2D eigenvalue weighted by molar-refractivity contribution is 0.289. The number of rotatable bonds is 9. The van der Waals surface area contributed by atoms with Crippen LogP contribution in [-0.4, -0.2) is 6.61 Å². The van der Waals surface area contributed by atoms with Gasteiger partial charge in [0.15, 0.2) is 11.6 Å². The van der Waals surface area contributed by atoms with Gasteiger partial charge in [0, 0.05) is 0 Å². The molecule has 1 aliphatic carbocycles. The summed E-state index contributed by atoms with van der Waals surface area (Å²) in [6.07, 6.45) is 12.2. The molecule has 0 unspecified atom stereocenters. The summed E-state index contributed by atoms with van der Waals surface area (Å²) in [7, 11) is 0. The Kier molecular flexibility index (Phi) is 7.91. The van der Waals surface area contributed by atoms with E-state index >= 15 is 0 Å². The molecule has 1 nitrogen and oxygen atoms in total. The van der Waals surface area contributed by atoms with Crippen molar-refractivity contribution < 1.29 is 9.13 Å². The molecule has 2 heteroatoms. The van der Waals surface area contributed by atoms with E-state index in [0.717, 1.165) is 17.9 Å². The van der Waals surface area contributed by atoms with E-state index in [1.165, 1.54) is 57.8 Å². The zero-order valence-electron chi connectivity index (χ0n) is 15.0. The largest absolute Gasteiger partial charge is 0.491 e. The van der Waals surface area contributed by atoms with Gasteiger partial charge in [-0.1, -0.05) is 52.0 Å². The molecule has 0 saturated heterocycles. The van der Waals surface area contributed by atoms with Crippen molar-refractivity contribution in [3.05, 3.63) is 29.6 Å². The SMILES string of the molecule is CCCCCCCOc1ccc([C@H]2CC[C@H](CC)CC2)cc1F. The zero-order valence-corrected chi connectivity index (χ0v) is 15.0. The molecule has 0 aromatic heterocycles. The minimum atomic E-state index is -0.186. The van der Waals surface area contributed by atoms with Gasteiger partial charge < -0.3 is 4.74 Å². The third-order valence-corrected chi connectivity index (χ3v) is 5.36. The molecule has 1 aliphatic rings. The van der Waals surface area contributed by atoms with Gasteiger partial charge in [0.05, 0.1) is 6.61 Å². The van der Waals surface area contributed by atoms with E-state index in [1.807, 2.05) is 6.07 Å². The molecule has 23 heavy (non-hydrogen) atoms. The minimum absolute atomic E-state index is 0.186. The van der Waals surface area contributed by atoms with Crippen molar-refractivity contribution in [3.8, 4) is 5.75 Å². The average molecular weight is 320 g/mol. The third-order valence-electron chi connectivity index (χ3n) is 5.36. The van der Waals surface area contributed by atoms with E-state index in [0.29, 0.717) is 18.3 Å². The van der Waals surface area contributed by atoms with Crippen molar-refractivity contribution in [3.63, 3.8) is 0 Å². The maximum atomic E-state index is 14.3. The molecular formula is C21H33FO.